The second kappa shape index (κ2) is 6.61. The first-order valence-corrected chi connectivity index (χ1v) is 9.55. The first-order chi connectivity index (χ1) is 12.1. The number of fused-ring (bicyclic) bond motifs is 1. The number of imidazole rings is 1. The molecule has 1 amide bonds. The van der Waals surface area contributed by atoms with Crippen molar-refractivity contribution >= 4 is 35.4 Å². The summed E-state index contributed by atoms with van der Waals surface area (Å²) in [5.74, 6) is -0.983. The zero-order chi connectivity index (χ0) is 17.4. The van der Waals surface area contributed by atoms with Gasteiger partial charge in [0.1, 0.15) is 0 Å². The van der Waals surface area contributed by atoms with Crippen molar-refractivity contribution in [2.45, 2.75) is 27.8 Å². The van der Waals surface area contributed by atoms with E-state index in [1.54, 1.807) is 12.5 Å². The Balaban J connectivity index is 1.47. The summed E-state index contributed by atoms with van der Waals surface area (Å²) in [7, 11) is 0. The molecule has 3 heterocycles. The zero-order valence-electron chi connectivity index (χ0n) is 13.1. The average molecular weight is 373 g/mol. The molecule has 1 saturated heterocycles. The molecule has 1 fully saturated rings. The highest BCUT2D eigenvalue weighted by Crippen LogP contribution is 2.46. The van der Waals surface area contributed by atoms with Crippen LogP contribution in [0.5, 0.6) is 0 Å². The summed E-state index contributed by atoms with van der Waals surface area (Å²) in [5.41, 5.74) is 1.42. The molecule has 25 heavy (non-hydrogen) atoms. The third kappa shape index (κ3) is 3.32. The maximum Gasteiger partial charge on any atom is 0.335 e. The lowest BCUT2D eigenvalue weighted by Gasteiger charge is -2.43. The minimum atomic E-state index is -0.972. The van der Waals surface area contributed by atoms with Crippen LogP contribution in [0.1, 0.15) is 12.0 Å². The van der Waals surface area contributed by atoms with Crippen LogP contribution >= 0.6 is 23.5 Å². The number of carbonyl (C=O) groups excluding carboxylic acids is 1. The van der Waals surface area contributed by atoms with Crippen LogP contribution in [0.25, 0.3) is 0 Å². The molecule has 2 aliphatic rings. The topological polar surface area (TPSA) is 75.4 Å². The van der Waals surface area contributed by atoms with Gasteiger partial charge in [-0.05, 0) is 17.7 Å². The molecule has 8 heteroatoms. The number of hydrogen-bond donors (Lipinski definition) is 1. The van der Waals surface area contributed by atoms with Crippen molar-refractivity contribution in [1.82, 2.24) is 14.5 Å². The Bertz CT molecular complexity index is 833. The Morgan fingerprint density at radius 1 is 1.36 bits per heavy atom. The molecule has 0 bridgehead atoms. The summed E-state index contributed by atoms with van der Waals surface area (Å²) in [6, 6.07) is 8.10. The van der Waals surface area contributed by atoms with Gasteiger partial charge in [-0.3, -0.25) is 4.79 Å². The first-order valence-electron chi connectivity index (χ1n) is 7.73. The zero-order valence-corrected chi connectivity index (χ0v) is 14.7. The quantitative estimate of drug-likeness (QED) is 0.812. The van der Waals surface area contributed by atoms with Crippen LogP contribution in [0.15, 0.2) is 59.7 Å². The van der Waals surface area contributed by atoms with E-state index in [9.17, 15) is 14.7 Å². The molecule has 128 valence electrons. The molecule has 1 unspecified atom stereocenters. The lowest BCUT2D eigenvalue weighted by atomic mass is 10.2. The van der Waals surface area contributed by atoms with Gasteiger partial charge in [-0.2, -0.15) is 0 Å². The van der Waals surface area contributed by atoms with E-state index in [2.05, 4.69) is 4.98 Å². The lowest BCUT2D eigenvalue weighted by molar-refractivity contribution is -0.137. The molecular formula is C17H15N3O3S2. The van der Waals surface area contributed by atoms with Crippen LogP contribution < -0.4 is 0 Å². The third-order valence-corrected chi connectivity index (χ3v) is 6.94. The van der Waals surface area contributed by atoms with Crippen LogP contribution in [-0.4, -0.2) is 41.4 Å². The molecule has 2 atom stereocenters. The van der Waals surface area contributed by atoms with E-state index in [0.717, 1.165) is 17.0 Å². The van der Waals surface area contributed by atoms with Crippen molar-refractivity contribution in [1.29, 1.82) is 0 Å². The molecule has 1 N–H and O–H groups in total. The number of amides is 1. The molecular weight excluding hydrogens is 358 g/mol. The van der Waals surface area contributed by atoms with Gasteiger partial charge < -0.3 is 14.6 Å². The molecule has 4 rings (SSSR count). The van der Waals surface area contributed by atoms with Gasteiger partial charge in [0, 0.05) is 30.0 Å². The smallest absolute Gasteiger partial charge is 0.335 e. The largest absolute Gasteiger partial charge is 0.478 e. The van der Waals surface area contributed by atoms with Gasteiger partial charge in [0.2, 0.25) is 5.91 Å². The Morgan fingerprint density at radius 3 is 2.80 bits per heavy atom. The molecule has 2 aromatic rings. The summed E-state index contributed by atoms with van der Waals surface area (Å²) in [6.45, 7) is 0.753. The molecule has 0 aliphatic carbocycles. The number of carboxylic acids is 1. The molecule has 1 aromatic carbocycles. The summed E-state index contributed by atoms with van der Waals surface area (Å²) in [5, 5.41) is 9.51. The molecule has 1 aromatic heterocycles. The van der Waals surface area contributed by atoms with Crippen LogP contribution in [0, 0.1) is 0 Å². The number of carboxylic acid groups (broad SMARTS) is 1. The van der Waals surface area contributed by atoms with E-state index in [-0.39, 0.29) is 21.4 Å². The standard InChI is InChI=1S/C17H15N3O3S2/c21-14-7-15-20(14)9-13(16(22)23)17(25-15)24-12-3-1-11(2-4-12)8-19-6-5-18-10-19/h1-6,9-10,15,17H,7-8H2,(H,22,23)/t15-,17?/m1/s1. The van der Waals surface area contributed by atoms with Crippen LogP contribution in [0.2, 0.25) is 0 Å². The molecule has 0 spiro atoms. The number of thioether (sulfide) groups is 2. The van der Waals surface area contributed by atoms with Crippen LogP contribution in [-0.2, 0) is 16.1 Å². The third-order valence-electron chi connectivity index (χ3n) is 4.10. The highest BCUT2D eigenvalue weighted by molar-refractivity contribution is 8.17. The number of β-lactam (4-membered cyclic amide) rings is 1. The minimum Gasteiger partial charge on any atom is -0.478 e. The SMILES string of the molecule is O=C(O)C1=CN2C(=O)C[C@H]2SC1Sc1ccc(Cn2ccnc2)cc1. The van der Waals surface area contributed by atoms with Gasteiger partial charge in [0.05, 0.1) is 28.3 Å². The number of rotatable bonds is 5. The van der Waals surface area contributed by atoms with Crippen molar-refractivity contribution in [2.75, 3.05) is 0 Å². The summed E-state index contributed by atoms with van der Waals surface area (Å²) in [6.07, 6.45) is 7.42. The van der Waals surface area contributed by atoms with Gasteiger partial charge >= 0.3 is 5.97 Å². The van der Waals surface area contributed by atoms with Crippen LogP contribution in [0.4, 0.5) is 0 Å². The van der Waals surface area contributed by atoms with Gasteiger partial charge in [0.25, 0.3) is 0 Å². The molecule has 0 radical (unpaired) electrons. The van der Waals surface area contributed by atoms with Crippen LogP contribution in [0.3, 0.4) is 0 Å². The van der Waals surface area contributed by atoms with E-state index in [4.69, 9.17) is 0 Å². The molecule has 2 aliphatic heterocycles. The predicted octanol–water partition coefficient (Wildman–Crippen LogP) is 2.62. The fourth-order valence-corrected chi connectivity index (χ4v) is 5.64. The van der Waals surface area contributed by atoms with E-state index >= 15 is 0 Å². The first kappa shape index (κ1) is 16.3. The fourth-order valence-electron chi connectivity index (χ4n) is 2.73. The number of aliphatic carboxylic acids is 1. The maximum absolute atomic E-state index is 11.5. The van der Waals surface area contributed by atoms with Gasteiger partial charge in [0.15, 0.2) is 0 Å². The maximum atomic E-state index is 11.5. The van der Waals surface area contributed by atoms with Crippen molar-refractivity contribution in [2.24, 2.45) is 0 Å². The number of nitrogens with zero attached hydrogens (tertiary/aromatic N) is 3. The second-order valence-electron chi connectivity index (χ2n) is 5.81. The van der Waals surface area contributed by atoms with E-state index < -0.39 is 5.97 Å². The number of carbonyl (C=O) groups is 2. The van der Waals surface area contributed by atoms with Gasteiger partial charge in [-0.25, -0.2) is 9.78 Å². The highest BCUT2D eigenvalue weighted by Gasteiger charge is 2.43. The fraction of sp³-hybridized carbons (Fsp3) is 0.235. The highest BCUT2D eigenvalue weighted by atomic mass is 32.2. The molecule has 0 saturated carbocycles. The summed E-state index contributed by atoms with van der Waals surface area (Å²) >= 11 is 3.05. The van der Waals surface area contributed by atoms with Crippen molar-refractivity contribution < 1.29 is 14.7 Å². The summed E-state index contributed by atoms with van der Waals surface area (Å²) in [4.78, 5) is 29.6. The van der Waals surface area contributed by atoms with E-state index in [1.165, 1.54) is 34.6 Å². The second-order valence-corrected chi connectivity index (χ2v) is 8.58. The monoisotopic (exact) mass is 373 g/mol. The molecule has 6 nitrogen and oxygen atoms in total. The Labute approximate surface area is 152 Å². The number of hydrogen-bond acceptors (Lipinski definition) is 5. The van der Waals surface area contributed by atoms with Gasteiger partial charge in [-0.1, -0.05) is 12.1 Å². The van der Waals surface area contributed by atoms with Gasteiger partial charge in [-0.15, -0.1) is 23.5 Å². The number of benzene rings is 1. The number of aromatic nitrogens is 2. The van der Waals surface area contributed by atoms with Crippen molar-refractivity contribution in [3.8, 4) is 0 Å². The minimum absolute atomic E-state index is 0.0106. The predicted molar refractivity (Wildman–Crippen MR) is 96.0 cm³/mol. The normalized spacial score (nSPS) is 22.2. The van der Waals surface area contributed by atoms with Crippen molar-refractivity contribution in [3.05, 3.63) is 60.3 Å². The Hall–Kier alpha value is -2.19. The Kier molecular flexibility index (Phi) is 4.30. The Morgan fingerprint density at radius 2 is 2.16 bits per heavy atom. The van der Waals surface area contributed by atoms with Crippen molar-refractivity contribution in [3.63, 3.8) is 0 Å². The average Bonchev–Trinajstić information content (AvgIpc) is 3.08. The van der Waals surface area contributed by atoms with E-state index in [1.807, 2.05) is 35.0 Å². The van der Waals surface area contributed by atoms with E-state index in [0.29, 0.717) is 6.42 Å². The summed E-state index contributed by atoms with van der Waals surface area (Å²) < 4.78 is 1.78. The lowest BCUT2D eigenvalue weighted by Crippen LogP contribution is -2.50.